The van der Waals surface area contributed by atoms with Crippen LogP contribution in [0.5, 0.6) is 0 Å². The molecule has 2 aromatic heterocycles. The molecule has 2 rings (SSSR count). The van der Waals surface area contributed by atoms with Gasteiger partial charge in [-0.25, -0.2) is 4.68 Å². The number of aromatic nitrogens is 4. The molecule has 2 aromatic rings. The summed E-state index contributed by atoms with van der Waals surface area (Å²) >= 11 is 3.07. The van der Waals surface area contributed by atoms with Crippen molar-refractivity contribution in [1.29, 1.82) is 0 Å². The van der Waals surface area contributed by atoms with Crippen molar-refractivity contribution in [3.63, 3.8) is 0 Å². The first-order valence-electron chi connectivity index (χ1n) is 6.89. The van der Waals surface area contributed by atoms with Gasteiger partial charge in [-0.2, -0.15) is 0 Å². The molecule has 0 aliphatic rings. The molecule has 1 atom stereocenters. The Balaban J connectivity index is 2.03. The first-order chi connectivity index (χ1) is 10.2. The lowest BCUT2D eigenvalue weighted by atomic mass is 10.4. The van der Waals surface area contributed by atoms with Gasteiger partial charge in [0.05, 0.1) is 11.8 Å². The van der Waals surface area contributed by atoms with Crippen LogP contribution in [0.25, 0.3) is 0 Å². The third kappa shape index (κ3) is 4.04. The van der Waals surface area contributed by atoms with Crippen LogP contribution in [0, 0.1) is 0 Å². The quantitative estimate of drug-likeness (QED) is 0.730. The second kappa shape index (κ2) is 7.56. The lowest BCUT2D eigenvalue weighted by Gasteiger charge is -2.22. The third-order valence-electron chi connectivity index (χ3n) is 3.09. The van der Waals surface area contributed by atoms with E-state index in [2.05, 4.69) is 15.5 Å². The molecule has 114 valence electrons. The number of carbonyl (C=O) groups is 1. The lowest BCUT2D eigenvalue weighted by Crippen LogP contribution is -2.36. The van der Waals surface area contributed by atoms with E-state index in [9.17, 15) is 4.79 Å². The number of hydrogen-bond acceptors (Lipinski definition) is 6. The molecule has 0 aliphatic carbocycles. The van der Waals surface area contributed by atoms with Crippen molar-refractivity contribution in [3.8, 4) is 0 Å². The van der Waals surface area contributed by atoms with Gasteiger partial charge in [-0.3, -0.25) is 4.79 Å². The molecule has 0 aliphatic heterocycles. The first-order valence-corrected chi connectivity index (χ1v) is 8.65. The largest absolute Gasteiger partial charge is 0.342 e. The molecule has 2 heterocycles. The summed E-state index contributed by atoms with van der Waals surface area (Å²) in [5.41, 5.74) is 0. The van der Waals surface area contributed by atoms with E-state index in [0.717, 1.165) is 13.1 Å². The maximum atomic E-state index is 12.3. The average molecular weight is 325 g/mol. The highest BCUT2D eigenvalue weighted by Crippen LogP contribution is 2.23. The van der Waals surface area contributed by atoms with Crippen LogP contribution in [0.4, 0.5) is 0 Å². The van der Waals surface area contributed by atoms with Crippen LogP contribution in [-0.2, 0) is 11.3 Å². The van der Waals surface area contributed by atoms with Gasteiger partial charge in [-0.15, -0.1) is 16.4 Å². The Kier molecular flexibility index (Phi) is 5.75. The topological polar surface area (TPSA) is 63.9 Å². The third-order valence-corrected chi connectivity index (χ3v) is 5.01. The van der Waals surface area contributed by atoms with Crippen molar-refractivity contribution in [3.05, 3.63) is 22.4 Å². The molecule has 6 nitrogen and oxygen atoms in total. The van der Waals surface area contributed by atoms with Crippen molar-refractivity contribution >= 4 is 29.0 Å². The number of rotatable bonds is 7. The van der Waals surface area contributed by atoms with E-state index in [4.69, 9.17) is 0 Å². The van der Waals surface area contributed by atoms with Crippen molar-refractivity contribution in [2.24, 2.45) is 0 Å². The summed E-state index contributed by atoms with van der Waals surface area (Å²) in [5, 5.41) is 14.3. The number of thioether (sulfide) groups is 1. The Morgan fingerprint density at radius 2 is 2.24 bits per heavy atom. The van der Waals surface area contributed by atoms with E-state index in [-0.39, 0.29) is 11.2 Å². The van der Waals surface area contributed by atoms with E-state index >= 15 is 0 Å². The van der Waals surface area contributed by atoms with Gasteiger partial charge in [0.15, 0.2) is 0 Å². The summed E-state index contributed by atoms with van der Waals surface area (Å²) in [4.78, 5) is 15.3. The Morgan fingerprint density at radius 1 is 1.48 bits per heavy atom. The summed E-state index contributed by atoms with van der Waals surface area (Å²) in [5.74, 6) is 0.121. The van der Waals surface area contributed by atoms with Gasteiger partial charge < -0.3 is 4.90 Å². The molecule has 0 fully saturated rings. The van der Waals surface area contributed by atoms with Crippen molar-refractivity contribution in [2.45, 2.75) is 37.7 Å². The van der Waals surface area contributed by atoms with Gasteiger partial charge in [0, 0.05) is 18.0 Å². The maximum Gasteiger partial charge on any atom is 0.235 e. The minimum Gasteiger partial charge on any atom is -0.342 e. The van der Waals surface area contributed by atoms with Crippen molar-refractivity contribution in [1.82, 2.24) is 25.1 Å². The molecular weight excluding hydrogens is 306 g/mol. The lowest BCUT2D eigenvalue weighted by molar-refractivity contribution is -0.129. The zero-order valence-corrected chi connectivity index (χ0v) is 14.0. The highest BCUT2D eigenvalue weighted by molar-refractivity contribution is 8.00. The van der Waals surface area contributed by atoms with Crippen LogP contribution in [0.2, 0.25) is 0 Å². The molecule has 0 aromatic carbocycles. The van der Waals surface area contributed by atoms with E-state index < -0.39 is 0 Å². The molecular formula is C13H19N5OS2. The SMILES string of the molecule is CCN(CC)C(=O)C(C)Sc1nnnn1Cc1cccs1. The van der Waals surface area contributed by atoms with E-state index in [1.54, 1.807) is 16.0 Å². The number of carbonyl (C=O) groups excluding carboxylic acids is 1. The second-order valence-electron chi connectivity index (χ2n) is 4.47. The standard InChI is InChI=1S/C13H19N5OS2/c1-4-17(5-2)12(19)10(3)21-13-14-15-16-18(13)9-11-7-6-8-20-11/h6-8,10H,4-5,9H2,1-3H3. The fourth-order valence-electron chi connectivity index (χ4n) is 1.93. The molecule has 1 unspecified atom stereocenters. The Morgan fingerprint density at radius 3 is 2.86 bits per heavy atom. The Labute approximate surface area is 132 Å². The first kappa shape index (κ1) is 16.0. The number of amides is 1. The van der Waals surface area contributed by atoms with Gasteiger partial charge in [0.25, 0.3) is 0 Å². The Hall–Kier alpha value is -1.41. The predicted octanol–water partition coefficient (Wildman–Crippen LogP) is 2.13. The molecule has 0 spiro atoms. The van der Waals surface area contributed by atoms with Gasteiger partial charge in [-0.1, -0.05) is 17.8 Å². The summed E-state index contributed by atoms with van der Waals surface area (Å²) < 4.78 is 1.74. The molecule has 21 heavy (non-hydrogen) atoms. The second-order valence-corrected chi connectivity index (χ2v) is 6.81. The number of tetrazole rings is 1. The highest BCUT2D eigenvalue weighted by Gasteiger charge is 2.22. The molecule has 1 amide bonds. The molecule has 0 saturated heterocycles. The van der Waals surface area contributed by atoms with Gasteiger partial charge in [0.2, 0.25) is 11.1 Å². The maximum absolute atomic E-state index is 12.3. The minimum absolute atomic E-state index is 0.121. The fourth-order valence-corrected chi connectivity index (χ4v) is 3.49. The molecule has 8 heteroatoms. The summed E-state index contributed by atoms with van der Waals surface area (Å²) in [6, 6.07) is 4.05. The summed E-state index contributed by atoms with van der Waals surface area (Å²) in [6.45, 7) is 7.95. The van der Waals surface area contributed by atoms with Crippen LogP contribution in [0.15, 0.2) is 22.7 Å². The van der Waals surface area contributed by atoms with Gasteiger partial charge in [0.1, 0.15) is 0 Å². The number of nitrogens with zero attached hydrogens (tertiary/aromatic N) is 5. The molecule has 0 radical (unpaired) electrons. The van der Waals surface area contributed by atoms with Crippen molar-refractivity contribution < 1.29 is 4.79 Å². The number of thiophene rings is 1. The molecule has 0 bridgehead atoms. The monoisotopic (exact) mass is 325 g/mol. The molecule has 0 saturated carbocycles. The van der Waals surface area contributed by atoms with Crippen molar-refractivity contribution in [2.75, 3.05) is 13.1 Å². The van der Waals surface area contributed by atoms with Crippen LogP contribution in [-0.4, -0.2) is 49.4 Å². The van der Waals surface area contributed by atoms with Crippen LogP contribution < -0.4 is 0 Å². The number of hydrogen-bond donors (Lipinski definition) is 0. The fraction of sp³-hybridized carbons (Fsp3) is 0.538. The summed E-state index contributed by atoms with van der Waals surface area (Å²) in [6.07, 6.45) is 0. The van der Waals surface area contributed by atoms with Gasteiger partial charge in [-0.05, 0) is 42.6 Å². The van der Waals surface area contributed by atoms with Crippen LogP contribution in [0.3, 0.4) is 0 Å². The summed E-state index contributed by atoms with van der Waals surface area (Å²) in [7, 11) is 0. The van der Waals surface area contributed by atoms with Crippen LogP contribution >= 0.6 is 23.1 Å². The minimum atomic E-state index is -0.196. The molecule has 0 N–H and O–H groups in total. The van der Waals surface area contributed by atoms with Crippen LogP contribution in [0.1, 0.15) is 25.6 Å². The normalized spacial score (nSPS) is 12.3. The average Bonchev–Trinajstić information content (AvgIpc) is 3.13. The highest BCUT2D eigenvalue weighted by atomic mass is 32.2. The van der Waals surface area contributed by atoms with E-state index in [1.807, 2.05) is 43.2 Å². The van der Waals surface area contributed by atoms with Gasteiger partial charge >= 0.3 is 0 Å². The zero-order valence-electron chi connectivity index (χ0n) is 12.4. The smallest absolute Gasteiger partial charge is 0.235 e. The van der Waals surface area contributed by atoms with E-state index in [1.165, 1.54) is 16.6 Å². The predicted molar refractivity (Wildman–Crippen MR) is 84.5 cm³/mol. The Bertz CT molecular complexity index is 565. The van der Waals surface area contributed by atoms with E-state index in [0.29, 0.717) is 11.7 Å². The zero-order chi connectivity index (χ0) is 15.2.